The molecule has 2 nitrogen and oxygen atoms in total. The summed E-state index contributed by atoms with van der Waals surface area (Å²) in [5.74, 6) is 0.0346. The van der Waals surface area contributed by atoms with Crippen LogP contribution in [0.25, 0.3) is 0 Å². The van der Waals surface area contributed by atoms with Gasteiger partial charge in [0.2, 0.25) is 0 Å². The SMILES string of the molecule is C=C(C)S/C(=C\C)C(=O)NC(CCC)CCC.CC. The summed E-state index contributed by atoms with van der Waals surface area (Å²) < 4.78 is 0. The second kappa shape index (κ2) is 13.7. The van der Waals surface area contributed by atoms with Gasteiger partial charge in [0.15, 0.2) is 0 Å². The fraction of sp³-hybridized carbons (Fsp3) is 0.688. The van der Waals surface area contributed by atoms with E-state index in [-0.39, 0.29) is 5.91 Å². The van der Waals surface area contributed by atoms with Crippen LogP contribution < -0.4 is 5.32 Å². The maximum Gasteiger partial charge on any atom is 0.257 e. The van der Waals surface area contributed by atoms with Gasteiger partial charge in [-0.05, 0) is 31.6 Å². The van der Waals surface area contributed by atoms with Crippen molar-refractivity contribution < 1.29 is 4.79 Å². The largest absolute Gasteiger partial charge is 0.349 e. The van der Waals surface area contributed by atoms with E-state index in [4.69, 9.17) is 0 Å². The average molecular weight is 285 g/mol. The molecule has 0 rings (SSSR count). The van der Waals surface area contributed by atoms with E-state index in [1.54, 1.807) is 0 Å². The van der Waals surface area contributed by atoms with E-state index >= 15 is 0 Å². The zero-order valence-electron chi connectivity index (χ0n) is 13.5. The van der Waals surface area contributed by atoms with Crippen LogP contribution in [0.4, 0.5) is 0 Å². The molecule has 0 aromatic carbocycles. The second-order valence-corrected chi connectivity index (χ2v) is 5.55. The predicted octanol–water partition coefficient (Wildman–Crippen LogP) is 5.27. The third-order valence-electron chi connectivity index (χ3n) is 2.38. The van der Waals surface area contributed by atoms with Gasteiger partial charge in [0.1, 0.15) is 0 Å². The van der Waals surface area contributed by atoms with E-state index < -0.39 is 0 Å². The fourth-order valence-corrected chi connectivity index (χ4v) is 2.31. The van der Waals surface area contributed by atoms with E-state index in [9.17, 15) is 4.79 Å². The van der Waals surface area contributed by atoms with Gasteiger partial charge in [-0.1, -0.05) is 65.0 Å². The molecular formula is C16H31NOS. The Hall–Kier alpha value is -0.700. The molecule has 19 heavy (non-hydrogen) atoms. The highest BCUT2D eigenvalue weighted by molar-refractivity contribution is 8.07. The molecular weight excluding hydrogens is 254 g/mol. The van der Waals surface area contributed by atoms with Crippen LogP contribution in [-0.4, -0.2) is 11.9 Å². The highest BCUT2D eigenvalue weighted by atomic mass is 32.2. The van der Waals surface area contributed by atoms with Gasteiger partial charge in [0.25, 0.3) is 5.91 Å². The normalized spacial score (nSPS) is 10.8. The van der Waals surface area contributed by atoms with Gasteiger partial charge in [-0.25, -0.2) is 0 Å². The summed E-state index contributed by atoms with van der Waals surface area (Å²) in [4.78, 5) is 13.7. The Kier molecular flexibility index (Phi) is 14.9. The maximum atomic E-state index is 12.0. The van der Waals surface area contributed by atoms with Crippen molar-refractivity contribution in [2.45, 2.75) is 73.3 Å². The molecule has 1 N–H and O–H groups in total. The van der Waals surface area contributed by atoms with Crippen molar-refractivity contribution in [3.8, 4) is 0 Å². The number of nitrogens with one attached hydrogen (secondary N) is 1. The van der Waals surface area contributed by atoms with Crippen LogP contribution in [0.3, 0.4) is 0 Å². The lowest BCUT2D eigenvalue weighted by Gasteiger charge is -2.18. The van der Waals surface area contributed by atoms with E-state index in [1.165, 1.54) is 11.8 Å². The minimum Gasteiger partial charge on any atom is -0.349 e. The molecule has 0 atom stereocenters. The zero-order valence-corrected chi connectivity index (χ0v) is 14.3. The van der Waals surface area contributed by atoms with Crippen molar-refractivity contribution in [3.63, 3.8) is 0 Å². The minimum absolute atomic E-state index is 0.0346. The van der Waals surface area contributed by atoms with Crippen LogP contribution in [0.5, 0.6) is 0 Å². The third kappa shape index (κ3) is 10.9. The third-order valence-corrected chi connectivity index (χ3v) is 3.37. The summed E-state index contributed by atoms with van der Waals surface area (Å²) in [7, 11) is 0. The molecule has 0 aliphatic heterocycles. The van der Waals surface area contributed by atoms with Crippen molar-refractivity contribution in [2.75, 3.05) is 0 Å². The number of rotatable bonds is 8. The number of carbonyl (C=O) groups is 1. The highest BCUT2D eigenvalue weighted by Gasteiger charge is 2.14. The Labute approximate surface area is 124 Å². The Morgan fingerprint density at radius 1 is 1.26 bits per heavy atom. The van der Waals surface area contributed by atoms with Gasteiger partial charge in [0, 0.05) is 6.04 Å². The second-order valence-electron chi connectivity index (χ2n) is 4.20. The van der Waals surface area contributed by atoms with Crippen LogP contribution in [0.15, 0.2) is 22.5 Å². The summed E-state index contributed by atoms with van der Waals surface area (Å²) >= 11 is 1.44. The smallest absolute Gasteiger partial charge is 0.257 e. The molecule has 0 saturated carbocycles. The molecule has 0 unspecified atom stereocenters. The molecule has 0 radical (unpaired) electrons. The van der Waals surface area contributed by atoms with Crippen LogP contribution in [-0.2, 0) is 4.79 Å². The van der Waals surface area contributed by atoms with E-state index in [0.29, 0.717) is 6.04 Å². The Balaban J connectivity index is 0. The Morgan fingerprint density at radius 2 is 1.74 bits per heavy atom. The molecule has 0 aromatic rings. The van der Waals surface area contributed by atoms with Crippen LogP contribution >= 0.6 is 11.8 Å². The van der Waals surface area contributed by atoms with Crippen molar-refractivity contribution in [1.29, 1.82) is 0 Å². The summed E-state index contributed by atoms with van der Waals surface area (Å²) in [5.41, 5.74) is 0. The lowest BCUT2D eigenvalue weighted by atomic mass is 10.1. The maximum absolute atomic E-state index is 12.0. The summed E-state index contributed by atoms with van der Waals surface area (Å²) in [5, 5.41) is 3.11. The van der Waals surface area contributed by atoms with E-state index in [2.05, 4.69) is 25.7 Å². The fourth-order valence-electron chi connectivity index (χ4n) is 1.67. The Morgan fingerprint density at radius 3 is 2.05 bits per heavy atom. The highest BCUT2D eigenvalue weighted by Crippen LogP contribution is 2.23. The number of amides is 1. The number of hydrogen-bond acceptors (Lipinski definition) is 2. The summed E-state index contributed by atoms with van der Waals surface area (Å²) in [6.07, 6.45) is 6.15. The quantitative estimate of drug-likeness (QED) is 0.616. The molecule has 112 valence electrons. The number of carbonyl (C=O) groups excluding carboxylic acids is 1. The molecule has 1 amide bonds. The first-order chi connectivity index (χ1) is 9.04. The van der Waals surface area contributed by atoms with Crippen molar-refractivity contribution in [1.82, 2.24) is 5.32 Å². The van der Waals surface area contributed by atoms with E-state index in [1.807, 2.05) is 33.8 Å². The molecule has 0 aliphatic carbocycles. The van der Waals surface area contributed by atoms with Gasteiger partial charge in [-0.3, -0.25) is 4.79 Å². The molecule has 0 bridgehead atoms. The molecule has 0 aliphatic rings. The number of thioether (sulfide) groups is 1. The van der Waals surface area contributed by atoms with Crippen molar-refractivity contribution in [2.24, 2.45) is 0 Å². The number of hydrogen-bond donors (Lipinski definition) is 1. The minimum atomic E-state index is 0.0346. The lowest BCUT2D eigenvalue weighted by molar-refractivity contribution is -0.117. The Bertz CT molecular complexity index is 278. The van der Waals surface area contributed by atoms with Gasteiger partial charge in [0.05, 0.1) is 4.91 Å². The summed E-state index contributed by atoms with van der Waals surface area (Å²) in [6, 6.07) is 0.304. The van der Waals surface area contributed by atoms with Gasteiger partial charge in [-0.15, -0.1) is 0 Å². The zero-order chi connectivity index (χ0) is 15.3. The summed E-state index contributed by atoms with van der Waals surface area (Å²) in [6.45, 7) is 15.9. The average Bonchev–Trinajstić information content (AvgIpc) is 2.38. The molecule has 3 heteroatoms. The first kappa shape index (κ1) is 20.6. The first-order valence-electron chi connectivity index (χ1n) is 7.35. The van der Waals surface area contributed by atoms with Crippen LogP contribution in [0.2, 0.25) is 0 Å². The molecule has 0 spiro atoms. The molecule has 0 aromatic heterocycles. The van der Waals surface area contributed by atoms with Gasteiger partial charge >= 0.3 is 0 Å². The van der Waals surface area contributed by atoms with Gasteiger partial charge in [-0.2, -0.15) is 0 Å². The lowest BCUT2D eigenvalue weighted by Crippen LogP contribution is -2.35. The van der Waals surface area contributed by atoms with Crippen LogP contribution in [0, 0.1) is 0 Å². The van der Waals surface area contributed by atoms with E-state index in [0.717, 1.165) is 35.5 Å². The molecule has 0 saturated heterocycles. The number of allylic oxidation sites excluding steroid dienone is 2. The molecule has 0 fully saturated rings. The standard InChI is InChI=1S/C14H25NOS.C2H6/c1-6-9-12(10-7-2)15-14(16)13(8-3)17-11(4)5;1-2/h8,12H,4,6-7,9-10H2,1-3,5H3,(H,15,16);1-2H3/b13-8-;. The topological polar surface area (TPSA) is 29.1 Å². The first-order valence-corrected chi connectivity index (χ1v) is 8.17. The van der Waals surface area contributed by atoms with Crippen molar-refractivity contribution in [3.05, 3.63) is 22.5 Å². The monoisotopic (exact) mass is 285 g/mol. The molecule has 0 heterocycles. The predicted molar refractivity (Wildman–Crippen MR) is 89.3 cm³/mol. The van der Waals surface area contributed by atoms with Crippen molar-refractivity contribution >= 4 is 17.7 Å². The van der Waals surface area contributed by atoms with Crippen LogP contribution in [0.1, 0.15) is 67.2 Å². The van der Waals surface area contributed by atoms with Gasteiger partial charge < -0.3 is 5.32 Å².